The molecule has 3 aromatic rings. The van der Waals surface area contributed by atoms with Crippen LogP contribution >= 0.6 is 15.9 Å². The molecule has 5 nitrogen and oxygen atoms in total. The molecule has 1 aromatic carbocycles. The van der Waals surface area contributed by atoms with E-state index in [9.17, 15) is 4.79 Å². The molecule has 2 aromatic heterocycles. The minimum absolute atomic E-state index is 0.0601. The van der Waals surface area contributed by atoms with Gasteiger partial charge in [-0.15, -0.1) is 0 Å². The molecule has 1 saturated heterocycles. The molecule has 0 spiro atoms. The first-order valence-electron chi connectivity index (χ1n) is 7.27. The molecule has 0 aliphatic carbocycles. The number of carbonyl (C=O) groups is 1. The van der Waals surface area contributed by atoms with Gasteiger partial charge in [0.2, 0.25) is 0 Å². The van der Waals surface area contributed by atoms with Crippen molar-refractivity contribution in [2.75, 3.05) is 13.1 Å². The minimum atomic E-state index is 0.0601. The van der Waals surface area contributed by atoms with Gasteiger partial charge < -0.3 is 9.88 Å². The molecular weight excluding hydrogens is 344 g/mol. The maximum atomic E-state index is 12.7. The summed E-state index contributed by atoms with van der Waals surface area (Å²) >= 11 is 3.41. The smallest absolute Gasteiger partial charge is 0.270 e. The predicted molar refractivity (Wildman–Crippen MR) is 87.8 cm³/mol. The SMILES string of the molecule is O=C(c1cc2ccccc2[nH]1)N1CCC(n2cc(Br)cn2)C1. The van der Waals surface area contributed by atoms with E-state index in [4.69, 9.17) is 0 Å². The third-order valence-corrected chi connectivity index (χ3v) is 4.56. The van der Waals surface area contributed by atoms with E-state index in [1.807, 2.05) is 46.1 Å². The molecule has 0 radical (unpaired) electrons. The Morgan fingerprint density at radius 1 is 1.36 bits per heavy atom. The molecule has 0 bridgehead atoms. The van der Waals surface area contributed by atoms with E-state index >= 15 is 0 Å². The lowest BCUT2D eigenvalue weighted by Gasteiger charge is -2.15. The van der Waals surface area contributed by atoms with Crippen LogP contribution in [0.2, 0.25) is 0 Å². The summed E-state index contributed by atoms with van der Waals surface area (Å²) < 4.78 is 2.90. The van der Waals surface area contributed by atoms with Crippen molar-refractivity contribution >= 4 is 32.7 Å². The van der Waals surface area contributed by atoms with Crippen LogP contribution in [0.3, 0.4) is 0 Å². The highest BCUT2D eigenvalue weighted by molar-refractivity contribution is 9.10. The second kappa shape index (κ2) is 5.28. The molecule has 1 aliphatic heterocycles. The van der Waals surface area contributed by atoms with Crippen molar-refractivity contribution in [3.8, 4) is 0 Å². The first-order chi connectivity index (χ1) is 10.7. The van der Waals surface area contributed by atoms with Gasteiger partial charge in [0.25, 0.3) is 5.91 Å². The Kier molecular flexibility index (Phi) is 3.26. The van der Waals surface area contributed by atoms with Crippen LogP contribution in [0.25, 0.3) is 10.9 Å². The number of amides is 1. The number of carbonyl (C=O) groups excluding carboxylic acids is 1. The number of likely N-dealkylation sites (tertiary alicyclic amines) is 1. The Hall–Kier alpha value is -2.08. The van der Waals surface area contributed by atoms with E-state index in [0.29, 0.717) is 12.2 Å². The summed E-state index contributed by atoms with van der Waals surface area (Å²) in [4.78, 5) is 17.8. The highest BCUT2D eigenvalue weighted by Gasteiger charge is 2.29. The highest BCUT2D eigenvalue weighted by Crippen LogP contribution is 2.24. The highest BCUT2D eigenvalue weighted by atomic mass is 79.9. The summed E-state index contributed by atoms with van der Waals surface area (Å²) in [6, 6.07) is 10.1. The lowest BCUT2D eigenvalue weighted by molar-refractivity contribution is 0.0782. The van der Waals surface area contributed by atoms with Gasteiger partial charge in [-0.05, 0) is 34.5 Å². The van der Waals surface area contributed by atoms with Gasteiger partial charge in [0.05, 0.1) is 16.7 Å². The van der Waals surface area contributed by atoms with Crippen molar-refractivity contribution in [1.29, 1.82) is 0 Å². The van der Waals surface area contributed by atoms with Gasteiger partial charge >= 0.3 is 0 Å². The van der Waals surface area contributed by atoms with Gasteiger partial charge in [-0.25, -0.2) is 0 Å². The molecule has 1 unspecified atom stereocenters. The van der Waals surface area contributed by atoms with E-state index in [-0.39, 0.29) is 11.9 Å². The van der Waals surface area contributed by atoms with E-state index < -0.39 is 0 Å². The number of hydrogen-bond donors (Lipinski definition) is 1. The molecule has 112 valence electrons. The second-order valence-electron chi connectivity index (χ2n) is 5.60. The Labute approximate surface area is 136 Å². The van der Waals surface area contributed by atoms with E-state index in [1.165, 1.54) is 0 Å². The van der Waals surface area contributed by atoms with Crippen molar-refractivity contribution < 1.29 is 4.79 Å². The summed E-state index contributed by atoms with van der Waals surface area (Å²) in [6.07, 6.45) is 4.67. The molecule has 22 heavy (non-hydrogen) atoms. The molecule has 4 rings (SSSR count). The first kappa shape index (κ1) is 13.6. The van der Waals surface area contributed by atoms with Crippen LogP contribution in [-0.2, 0) is 0 Å². The number of aromatic amines is 1. The fourth-order valence-corrected chi connectivity index (χ4v) is 3.32. The number of H-pyrrole nitrogens is 1. The van der Waals surface area contributed by atoms with E-state index in [2.05, 4.69) is 26.0 Å². The number of nitrogens with zero attached hydrogens (tertiary/aromatic N) is 3. The third-order valence-electron chi connectivity index (χ3n) is 4.16. The lowest BCUT2D eigenvalue weighted by Crippen LogP contribution is -2.29. The Morgan fingerprint density at radius 2 is 2.23 bits per heavy atom. The van der Waals surface area contributed by atoms with Gasteiger partial charge in [0.1, 0.15) is 5.69 Å². The fraction of sp³-hybridized carbons (Fsp3) is 0.250. The van der Waals surface area contributed by atoms with Crippen LogP contribution in [0.5, 0.6) is 0 Å². The number of halogens is 1. The van der Waals surface area contributed by atoms with Crippen LogP contribution in [0, 0.1) is 0 Å². The van der Waals surface area contributed by atoms with Crippen LogP contribution in [0.4, 0.5) is 0 Å². The van der Waals surface area contributed by atoms with Crippen molar-refractivity contribution in [2.45, 2.75) is 12.5 Å². The lowest BCUT2D eigenvalue weighted by atomic mass is 10.2. The largest absolute Gasteiger partial charge is 0.351 e. The van der Waals surface area contributed by atoms with Gasteiger partial charge in [-0.2, -0.15) is 5.10 Å². The maximum absolute atomic E-state index is 12.7. The molecule has 1 amide bonds. The Balaban J connectivity index is 1.53. The summed E-state index contributed by atoms with van der Waals surface area (Å²) in [5.41, 5.74) is 1.65. The molecular formula is C16H15BrN4O. The average Bonchev–Trinajstić information content (AvgIpc) is 3.24. The van der Waals surface area contributed by atoms with E-state index in [1.54, 1.807) is 6.20 Å². The van der Waals surface area contributed by atoms with Crippen molar-refractivity contribution in [3.63, 3.8) is 0 Å². The molecule has 1 atom stereocenters. The topological polar surface area (TPSA) is 53.9 Å². The Bertz CT molecular complexity index is 804. The summed E-state index contributed by atoms with van der Waals surface area (Å²) in [5.74, 6) is 0.0601. The second-order valence-corrected chi connectivity index (χ2v) is 6.52. The number of rotatable bonds is 2. The number of aromatic nitrogens is 3. The normalized spacial score (nSPS) is 18.2. The molecule has 1 fully saturated rings. The van der Waals surface area contributed by atoms with Gasteiger partial charge in [0, 0.05) is 30.2 Å². The molecule has 1 N–H and O–H groups in total. The van der Waals surface area contributed by atoms with Crippen molar-refractivity contribution in [3.05, 3.63) is 52.9 Å². The third kappa shape index (κ3) is 2.33. The van der Waals surface area contributed by atoms with E-state index in [0.717, 1.165) is 28.3 Å². The standard InChI is InChI=1S/C16H15BrN4O/c17-12-8-18-21(9-12)13-5-6-20(10-13)16(22)15-7-11-3-1-2-4-14(11)19-15/h1-4,7-9,13,19H,5-6,10H2. The zero-order valence-electron chi connectivity index (χ0n) is 11.9. The monoisotopic (exact) mass is 358 g/mol. The number of nitrogens with one attached hydrogen (secondary N) is 1. The summed E-state index contributed by atoms with van der Waals surface area (Å²) in [5, 5.41) is 5.39. The molecule has 1 aliphatic rings. The van der Waals surface area contributed by atoms with Crippen LogP contribution in [-0.4, -0.2) is 38.7 Å². The quantitative estimate of drug-likeness (QED) is 0.764. The predicted octanol–water partition coefficient (Wildman–Crippen LogP) is 3.21. The maximum Gasteiger partial charge on any atom is 0.270 e. The molecule has 0 saturated carbocycles. The zero-order chi connectivity index (χ0) is 15.1. The summed E-state index contributed by atoms with van der Waals surface area (Å²) in [6.45, 7) is 1.46. The number of hydrogen-bond acceptors (Lipinski definition) is 2. The summed E-state index contributed by atoms with van der Waals surface area (Å²) in [7, 11) is 0. The van der Waals surface area contributed by atoms with Gasteiger partial charge in [-0.3, -0.25) is 9.48 Å². The van der Waals surface area contributed by atoms with Crippen molar-refractivity contribution in [2.24, 2.45) is 0 Å². The fourth-order valence-electron chi connectivity index (χ4n) is 3.02. The average molecular weight is 359 g/mol. The minimum Gasteiger partial charge on any atom is -0.351 e. The number of fused-ring (bicyclic) bond motifs is 1. The van der Waals surface area contributed by atoms with Gasteiger partial charge in [0.15, 0.2) is 0 Å². The zero-order valence-corrected chi connectivity index (χ0v) is 13.5. The van der Waals surface area contributed by atoms with Crippen LogP contribution in [0.15, 0.2) is 47.2 Å². The molecule has 3 heterocycles. The number of para-hydroxylation sites is 1. The van der Waals surface area contributed by atoms with Gasteiger partial charge in [-0.1, -0.05) is 18.2 Å². The van der Waals surface area contributed by atoms with Crippen molar-refractivity contribution in [1.82, 2.24) is 19.7 Å². The van der Waals surface area contributed by atoms with Crippen LogP contribution < -0.4 is 0 Å². The van der Waals surface area contributed by atoms with Crippen LogP contribution in [0.1, 0.15) is 23.0 Å². The number of benzene rings is 1. The Morgan fingerprint density at radius 3 is 3.00 bits per heavy atom. The molecule has 6 heteroatoms. The first-order valence-corrected chi connectivity index (χ1v) is 8.07.